The summed E-state index contributed by atoms with van der Waals surface area (Å²) in [6, 6.07) is 6.85. The number of nitrogens with one attached hydrogen (secondary N) is 1. The standard InChI is InChI=1S/C13H15ClN2O4/c14-9-2-1-3-10(6-9)15-12(17)8-16-4-5-20-11(7-16)13(18)19/h1-3,6,11H,4-5,7-8H2,(H,15,17)(H,18,19). The number of nitrogens with zero attached hydrogens (tertiary/aromatic N) is 1. The van der Waals surface area contributed by atoms with Crippen molar-refractivity contribution in [2.45, 2.75) is 6.10 Å². The molecule has 1 fully saturated rings. The Bertz CT molecular complexity index is 509. The molecule has 0 bridgehead atoms. The summed E-state index contributed by atoms with van der Waals surface area (Å²) in [7, 11) is 0. The fraction of sp³-hybridized carbons (Fsp3) is 0.385. The fourth-order valence-corrected chi connectivity index (χ4v) is 2.16. The lowest BCUT2D eigenvalue weighted by Crippen LogP contribution is -2.48. The van der Waals surface area contributed by atoms with Gasteiger partial charge in [0.15, 0.2) is 6.10 Å². The lowest BCUT2D eigenvalue weighted by molar-refractivity contribution is -0.156. The maximum atomic E-state index is 11.9. The summed E-state index contributed by atoms with van der Waals surface area (Å²) in [5.74, 6) is -1.22. The molecule has 2 rings (SSSR count). The molecule has 1 aromatic rings. The minimum atomic E-state index is -1.01. The second kappa shape index (κ2) is 6.69. The number of aliphatic carboxylic acids is 1. The van der Waals surface area contributed by atoms with Crippen molar-refractivity contribution in [1.29, 1.82) is 0 Å². The van der Waals surface area contributed by atoms with Gasteiger partial charge in [-0.05, 0) is 18.2 Å². The van der Waals surface area contributed by atoms with Gasteiger partial charge in [0, 0.05) is 23.8 Å². The zero-order valence-electron chi connectivity index (χ0n) is 10.7. The molecule has 0 aliphatic carbocycles. The van der Waals surface area contributed by atoms with Crippen LogP contribution in [0.3, 0.4) is 0 Å². The third-order valence-electron chi connectivity index (χ3n) is 2.90. The molecule has 20 heavy (non-hydrogen) atoms. The number of benzene rings is 1. The van der Waals surface area contributed by atoms with Crippen molar-refractivity contribution in [3.8, 4) is 0 Å². The predicted molar refractivity (Wildman–Crippen MR) is 73.9 cm³/mol. The van der Waals surface area contributed by atoms with Crippen molar-refractivity contribution in [3.63, 3.8) is 0 Å². The molecule has 0 aromatic heterocycles. The third-order valence-corrected chi connectivity index (χ3v) is 3.14. The molecular weight excluding hydrogens is 284 g/mol. The van der Waals surface area contributed by atoms with Gasteiger partial charge in [-0.3, -0.25) is 9.69 Å². The molecule has 1 heterocycles. The number of morpholine rings is 1. The average molecular weight is 299 g/mol. The smallest absolute Gasteiger partial charge is 0.334 e. The monoisotopic (exact) mass is 298 g/mol. The molecule has 0 spiro atoms. The van der Waals surface area contributed by atoms with Crippen LogP contribution < -0.4 is 5.32 Å². The van der Waals surface area contributed by atoms with Gasteiger partial charge in [-0.1, -0.05) is 17.7 Å². The van der Waals surface area contributed by atoms with Crippen molar-refractivity contribution >= 4 is 29.2 Å². The second-order valence-corrected chi connectivity index (χ2v) is 4.93. The molecule has 1 aliphatic heterocycles. The van der Waals surface area contributed by atoms with Crippen molar-refractivity contribution in [3.05, 3.63) is 29.3 Å². The highest BCUT2D eigenvalue weighted by molar-refractivity contribution is 6.30. The second-order valence-electron chi connectivity index (χ2n) is 4.49. The molecule has 0 saturated carbocycles. The van der Waals surface area contributed by atoms with Gasteiger partial charge in [-0.25, -0.2) is 4.79 Å². The van der Waals surface area contributed by atoms with Gasteiger partial charge >= 0.3 is 5.97 Å². The molecule has 7 heteroatoms. The highest BCUT2D eigenvalue weighted by Gasteiger charge is 2.27. The van der Waals surface area contributed by atoms with E-state index in [1.807, 2.05) is 0 Å². The van der Waals surface area contributed by atoms with E-state index in [1.54, 1.807) is 29.2 Å². The molecule has 1 amide bonds. The Hall–Kier alpha value is -1.63. The topological polar surface area (TPSA) is 78.9 Å². The lowest BCUT2D eigenvalue weighted by atomic mass is 10.2. The maximum absolute atomic E-state index is 11.9. The largest absolute Gasteiger partial charge is 0.479 e. The first-order valence-corrected chi connectivity index (χ1v) is 6.54. The summed E-state index contributed by atoms with van der Waals surface area (Å²) < 4.78 is 5.09. The van der Waals surface area contributed by atoms with E-state index >= 15 is 0 Å². The summed E-state index contributed by atoms with van der Waals surface area (Å²) in [4.78, 5) is 24.5. The van der Waals surface area contributed by atoms with Crippen LogP contribution in [0.2, 0.25) is 5.02 Å². The van der Waals surface area contributed by atoms with Crippen LogP contribution in [0, 0.1) is 0 Å². The number of amides is 1. The van der Waals surface area contributed by atoms with Crippen LogP contribution in [-0.4, -0.2) is 54.2 Å². The van der Waals surface area contributed by atoms with Crippen LogP contribution >= 0.6 is 11.6 Å². The highest BCUT2D eigenvalue weighted by Crippen LogP contribution is 2.15. The van der Waals surface area contributed by atoms with Crippen LogP contribution in [0.5, 0.6) is 0 Å². The van der Waals surface area contributed by atoms with Gasteiger partial charge in [-0.2, -0.15) is 0 Å². The van der Waals surface area contributed by atoms with Crippen molar-refractivity contribution in [1.82, 2.24) is 4.90 Å². The van der Waals surface area contributed by atoms with Crippen LogP contribution in [0.15, 0.2) is 24.3 Å². The van der Waals surface area contributed by atoms with E-state index < -0.39 is 12.1 Å². The fourth-order valence-electron chi connectivity index (χ4n) is 1.97. The SMILES string of the molecule is O=C(CN1CCOC(C(=O)O)C1)Nc1cccc(Cl)c1. The first kappa shape index (κ1) is 14.8. The first-order valence-electron chi connectivity index (χ1n) is 6.17. The van der Waals surface area contributed by atoms with Crippen molar-refractivity contribution in [2.24, 2.45) is 0 Å². The molecule has 1 saturated heterocycles. The third kappa shape index (κ3) is 4.19. The number of ether oxygens (including phenoxy) is 1. The summed E-state index contributed by atoms with van der Waals surface area (Å²) in [6.07, 6.45) is -0.872. The van der Waals surface area contributed by atoms with Gasteiger partial charge in [0.2, 0.25) is 5.91 Å². The Morgan fingerprint density at radius 2 is 2.30 bits per heavy atom. The van der Waals surface area contributed by atoms with E-state index in [2.05, 4.69) is 5.32 Å². The molecule has 1 unspecified atom stereocenters. The van der Waals surface area contributed by atoms with Gasteiger partial charge < -0.3 is 15.2 Å². The van der Waals surface area contributed by atoms with Crippen molar-refractivity contribution in [2.75, 3.05) is 31.6 Å². The summed E-state index contributed by atoms with van der Waals surface area (Å²) in [5.41, 5.74) is 0.616. The minimum absolute atomic E-state index is 0.125. The number of carbonyl (C=O) groups excluding carboxylic acids is 1. The van der Waals surface area contributed by atoms with Crippen LogP contribution in [0.1, 0.15) is 0 Å². The van der Waals surface area contributed by atoms with E-state index in [1.165, 1.54) is 0 Å². The minimum Gasteiger partial charge on any atom is -0.479 e. The summed E-state index contributed by atoms with van der Waals surface area (Å²) in [6.45, 7) is 1.17. The predicted octanol–water partition coefficient (Wildman–Crippen LogP) is 1.06. The molecule has 1 aliphatic rings. The lowest BCUT2D eigenvalue weighted by Gasteiger charge is -2.30. The quantitative estimate of drug-likeness (QED) is 0.869. The number of hydrogen-bond donors (Lipinski definition) is 2. The molecule has 1 atom stereocenters. The van der Waals surface area contributed by atoms with Gasteiger partial charge in [-0.15, -0.1) is 0 Å². The van der Waals surface area contributed by atoms with E-state index in [9.17, 15) is 9.59 Å². The zero-order valence-corrected chi connectivity index (χ0v) is 11.5. The maximum Gasteiger partial charge on any atom is 0.334 e. The Kier molecular flexibility index (Phi) is 4.94. The van der Waals surface area contributed by atoms with Gasteiger partial charge in [0.1, 0.15) is 0 Å². The van der Waals surface area contributed by atoms with Crippen LogP contribution in [0.4, 0.5) is 5.69 Å². The molecule has 108 valence electrons. The van der Waals surface area contributed by atoms with Crippen LogP contribution in [-0.2, 0) is 14.3 Å². The number of carboxylic acids is 1. The molecular formula is C13H15ClN2O4. The number of hydrogen-bond acceptors (Lipinski definition) is 4. The Morgan fingerprint density at radius 1 is 1.50 bits per heavy atom. The number of carbonyl (C=O) groups is 2. The zero-order chi connectivity index (χ0) is 14.5. The first-order chi connectivity index (χ1) is 9.54. The highest BCUT2D eigenvalue weighted by atomic mass is 35.5. The van der Waals surface area contributed by atoms with E-state index in [0.717, 1.165) is 0 Å². The number of rotatable bonds is 4. The Labute approximate surface area is 121 Å². The van der Waals surface area contributed by atoms with Gasteiger partial charge in [0.05, 0.1) is 13.2 Å². The Balaban J connectivity index is 1.86. The molecule has 1 aromatic carbocycles. The number of anilines is 1. The Morgan fingerprint density at radius 3 is 3.00 bits per heavy atom. The molecule has 6 nitrogen and oxygen atoms in total. The summed E-state index contributed by atoms with van der Waals surface area (Å²) in [5, 5.41) is 12.2. The number of halogens is 1. The van der Waals surface area contributed by atoms with Crippen molar-refractivity contribution < 1.29 is 19.4 Å². The summed E-state index contributed by atoms with van der Waals surface area (Å²) >= 11 is 5.83. The normalized spacial score (nSPS) is 19.6. The average Bonchev–Trinajstić information content (AvgIpc) is 2.38. The molecule has 2 N–H and O–H groups in total. The van der Waals surface area contributed by atoms with E-state index in [0.29, 0.717) is 23.9 Å². The van der Waals surface area contributed by atoms with Crippen LogP contribution in [0.25, 0.3) is 0 Å². The molecule has 0 radical (unpaired) electrons. The van der Waals surface area contributed by atoms with E-state index in [4.69, 9.17) is 21.4 Å². The number of carboxylic acid groups (broad SMARTS) is 1. The van der Waals surface area contributed by atoms with E-state index in [-0.39, 0.29) is 19.0 Å². The van der Waals surface area contributed by atoms with Gasteiger partial charge in [0.25, 0.3) is 0 Å².